The molecule has 0 amide bonds. The molecule has 1 atom stereocenters. The van der Waals surface area contributed by atoms with E-state index in [4.69, 9.17) is 4.74 Å². The molecule has 3 rings (SSSR count). The number of hydrogen-bond donors (Lipinski definition) is 1. The summed E-state index contributed by atoms with van der Waals surface area (Å²) in [6, 6.07) is 9.31. The number of likely N-dealkylation sites (tertiary alicyclic amines) is 1. The highest BCUT2D eigenvalue weighted by Gasteiger charge is 2.28. The Hall–Kier alpha value is -1.10. The molecule has 0 saturated carbocycles. The van der Waals surface area contributed by atoms with E-state index in [1.807, 2.05) is 0 Å². The van der Waals surface area contributed by atoms with E-state index in [0.717, 1.165) is 31.4 Å². The van der Waals surface area contributed by atoms with E-state index in [0.29, 0.717) is 0 Å². The van der Waals surface area contributed by atoms with Crippen LogP contribution in [0.5, 0.6) is 5.75 Å². The second-order valence-electron chi connectivity index (χ2n) is 6.78. The number of hydrogen-bond acceptors (Lipinski definition) is 4. The first-order valence-corrected chi connectivity index (χ1v) is 8.63. The Balaban J connectivity index is 1.53. The van der Waals surface area contributed by atoms with Gasteiger partial charge in [-0.25, -0.2) is 0 Å². The summed E-state index contributed by atoms with van der Waals surface area (Å²) in [5, 5.41) is 3.44. The van der Waals surface area contributed by atoms with Crippen LogP contribution in [-0.2, 0) is 6.54 Å². The molecule has 22 heavy (non-hydrogen) atoms. The molecule has 2 aliphatic rings. The van der Waals surface area contributed by atoms with Crippen molar-refractivity contribution in [3.05, 3.63) is 29.8 Å². The van der Waals surface area contributed by atoms with Crippen molar-refractivity contribution >= 4 is 0 Å². The van der Waals surface area contributed by atoms with Crippen LogP contribution in [0.15, 0.2) is 24.3 Å². The topological polar surface area (TPSA) is 27.7 Å². The van der Waals surface area contributed by atoms with Gasteiger partial charge in [0.1, 0.15) is 5.75 Å². The Labute approximate surface area is 134 Å². The van der Waals surface area contributed by atoms with Crippen LogP contribution in [0.25, 0.3) is 0 Å². The molecule has 0 bridgehead atoms. The van der Waals surface area contributed by atoms with Gasteiger partial charge >= 0.3 is 0 Å². The van der Waals surface area contributed by atoms with Crippen molar-refractivity contribution in [3.8, 4) is 5.75 Å². The Morgan fingerprint density at radius 1 is 1.23 bits per heavy atom. The first kappa shape index (κ1) is 15.8. The fraction of sp³-hybridized carbons (Fsp3) is 0.667. The molecule has 0 spiro atoms. The van der Waals surface area contributed by atoms with E-state index < -0.39 is 0 Å². The van der Waals surface area contributed by atoms with Crippen LogP contribution in [0, 0.1) is 0 Å². The molecule has 4 nitrogen and oxygen atoms in total. The summed E-state index contributed by atoms with van der Waals surface area (Å²) in [4.78, 5) is 5.25. The summed E-state index contributed by atoms with van der Waals surface area (Å²) in [6.45, 7) is 12.3. The maximum Gasteiger partial charge on any atom is 0.120 e. The number of rotatable bonds is 5. The molecule has 2 aliphatic heterocycles. The van der Waals surface area contributed by atoms with Crippen molar-refractivity contribution in [2.75, 3.05) is 39.3 Å². The standard InChI is InChI=1S/C18H29N3O/c1-15(2)22-18-5-3-4-16(12-18)13-20-9-6-17(14-20)21-10-7-19-8-11-21/h3-5,12,15,17,19H,6-11,13-14H2,1-2H3. The van der Waals surface area contributed by atoms with Gasteiger partial charge in [0.2, 0.25) is 0 Å². The van der Waals surface area contributed by atoms with Crippen LogP contribution in [-0.4, -0.2) is 61.2 Å². The summed E-state index contributed by atoms with van der Waals surface area (Å²) < 4.78 is 5.80. The van der Waals surface area contributed by atoms with Gasteiger partial charge in [-0.05, 0) is 38.0 Å². The highest BCUT2D eigenvalue weighted by atomic mass is 16.5. The van der Waals surface area contributed by atoms with E-state index in [9.17, 15) is 0 Å². The van der Waals surface area contributed by atoms with Gasteiger partial charge in [-0.1, -0.05) is 12.1 Å². The van der Waals surface area contributed by atoms with Gasteiger partial charge in [-0.3, -0.25) is 9.80 Å². The van der Waals surface area contributed by atoms with E-state index in [1.165, 1.54) is 38.2 Å². The number of nitrogens with one attached hydrogen (secondary N) is 1. The third-order valence-corrected chi connectivity index (χ3v) is 4.59. The third kappa shape index (κ3) is 4.22. The van der Waals surface area contributed by atoms with Gasteiger partial charge in [0.05, 0.1) is 6.10 Å². The highest BCUT2D eigenvalue weighted by molar-refractivity contribution is 5.28. The molecule has 4 heteroatoms. The quantitative estimate of drug-likeness (QED) is 0.900. The lowest BCUT2D eigenvalue weighted by Gasteiger charge is -2.32. The average Bonchev–Trinajstić information content (AvgIpc) is 2.96. The van der Waals surface area contributed by atoms with Gasteiger partial charge < -0.3 is 10.1 Å². The van der Waals surface area contributed by atoms with Crippen molar-refractivity contribution in [1.29, 1.82) is 0 Å². The zero-order chi connectivity index (χ0) is 15.4. The van der Waals surface area contributed by atoms with Gasteiger partial charge in [0, 0.05) is 51.9 Å². The molecule has 2 fully saturated rings. The Bertz CT molecular complexity index is 471. The largest absolute Gasteiger partial charge is 0.491 e. The zero-order valence-electron chi connectivity index (χ0n) is 13.9. The first-order valence-electron chi connectivity index (χ1n) is 8.63. The molecular formula is C18H29N3O. The van der Waals surface area contributed by atoms with E-state index in [2.05, 4.69) is 53.2 Å². The maximum absolute atomic E-state index is 5.80. The Morgan fingerprint density at radius 3 is 2.82 bits per heavy atom. The molecule has 2 heterocycles. The van der Waals surface area contributed by atoms with Gasteiger partial charge in [0.15, 0.2) is 0 Å². The molecule has 1 N–H and O–H groups in total. The SMILES string of the molecule is CC(C)Oc1cccc(CN2CCC(N3CCNCC3)C2)c1. The van der Waals surface area contributed by atoms with Crippen LogP contribution in [0.1, 0.15) is 25.8 Å². The summed E-state index contributed by atoms with van der Waals surface area (Å²) in [7, 11) is 0. The summed E-state index contributed by atoms with van der Waals surface area (Å²) in [6.07, 6.45) is 1.54. The van der Waals surface area contributed by atoms with Gasteiger partial charge in [-0.15, -0.1) is 0 Å². The summed E-state index contributed by atoms with van der Waals surface area (Å²) >= 11 is 0. The van der Waals surface area contributed by atoms with Crippen LogP contribution >= 0.6 is 0 Å². The van der Waals surface area contributed by atoms with Crippen LogP contribution < -0.4 is 10.1 Å². The van der Waals surface area contributed by atoms with Crippen LogP contribution in [0.2, 0.25) is 0 Å². The lowest BCUT2D eigenvalue weighted by atomic mass is 10.2. The predicted octanol–water partition coefficient (Wildman–Crippen LogP) is 1.95. The van der Waals surface area contributed by atoms with E-state index >= 15 is 0 Å². The number of nitrogens with zero attached hydrogens (tertiary/aromatic N) is 2. The number of piperazine rings is 1. The minimum absolute atomic E-state index is 0.235. The lowest BCUT2D eigenvalue weighted by molar-refractivity contribution is 0.170. The molecule has 0 aromatic heterocycles. The molecule has 2 saturated heterocycles. The normalized spacial score (nSPS) is 24.0. The third-order valence-electron chi connectivity index (χ3n) is 4.59. The molecule has 1 aromatic rings. The second kappa shape index (κ2) is 7.44. The molecule has 0 radical (unpaired) electrons. The lowest BCUT2D eigenvalue weighted by Crippen LogP contribution is -2.49. The second-order valence-corrected chi connectivity index (χ2v) is 6.78. The highest BCUT2D eigenvalue weighted by Crippen LogP contribution is 2.21. The monoisotopic (exact) mass is 303 g/mol. The number of benzene rings is 1. The minimum Gasteiger partial charge on any atom is -0.491 e. The molecule has 0 aliphatic carbocycles. The zero-order valence-corrected chi connectivity index (χ0v) is 13.9. The van der Waals surface area contributed by atoms with Crippen molar-refractivity contribution in [2.24, 2.45) is 0 Å². The average molecular weight is 303 g/mol. The van der Waals surface area contributed by atoms with Crippen molar-refractivity contribution in [1.82, 2.24) is 15.1 Å². The van der Waals surface area contributed by atoms with E-state index in [-0.39, 0.29) is 6.10 Å². The molecule has 122 valence electrons. The van der Waals surface area contributed by atoms with Gasteiger partial charge in [-0.2, -0.15) is 0 Å². The number of ether oxygens (including phenoxy) is 1. The maximum atomic E-state index is 5.80. The van der Waals surface area contributed by atoms with Crippen LogP contribution in [0.4, 0.5) is 0 Å². The van der Waals surface area contributed by atoms with Crippen molar-refractivity contribution in [3.63, 3.8) is 0 Å². The fourth-order valence-corrected chi connectivity index (χ4v) is 3.55. The Kier molecular flexibility index (Phi) is 5.34. The minimum atomic E-state index is 0.235. The smallest absolute Gasteiger partial charge is 0.120 e. The van der Waals surface area contributed by atoms with Gasteiger partial charge in [0.25, 0.3) is 0 Å². The first-order chi connectivity index (χ1) is 10.7. The van der Waals surface area contributed by atoms with Crippen molar-refractivity contribution in [2.45, 2.75) is 39.0 Å². The Morgan fingerprint density at radius 2 is 2.05 bits per heavy atom. The molecular weight excluding hydrogens is 274 g/mol. The molecule has 1 unspecified atom stereocenters. The predicted molar refractivity (Wildman–Crippen MR) is 90.3 cm³/mol. The van der Waals surface area contributed by atoms with Crippen LogP contribution in [0.3, 0.4) is 0 Å². The fourth-order valence-electron chi connectivity index (χ4n) is 3.55. The summed E-state index contributed by atoms with van der Waals surface area (Å²) in [5.74, 6) is 0.991. The van der Waals surface area contributed by atoms with E-state index in [1.54, 1.807) is 0 Å². The van der Waals surface area contributed by atoms with Crippen molar-refractivity contribution < 1.29 is 4.74 Å². The molecule has 1 aromatic carbocycles. The summed E-state index contributed by atoms with van der Waals surface area (Å²) in [5.41, 5.74) is 1.36.